The van der Waals surface area contributed by atoms with Gasteiger partial charge in [-0.05, 0) is 37.3 Å². The fourth-order valence-corrected chi connectivity index (χ4v) is 2.75. The molecule has 0 aliphatic carbocycles. The number of carbonyl (C=O) groups excluding carboxylic acids is 3. The Labute approximate surface area is 155 Å². The van der Waals surface area contributed by atoms with Gasteiger partial charge in [-0.15, -0.1) is 0 Å². The Morgan fingerprint density at radius 2 is 2.00 bits per heavy atom. The van der Waals surface area contributed by atoms with Gasteiger partial charge in [-0.2, -0.15) is 0 Å². The highest BCUT2D eigenvalue weighted by Gasteiger charge is 2.39. The number of carbonyl (C=O) groups is 3. The monoisotopic (exact) mass is 371 g/mol. The van der Waals surface area contributed by atoms with Gasteiger partial charge in [-0.25, -0.2) is 14.7 Å². The zero-order valence-electron chi connectivity index (χ0n) is 14.6. The molecule has 0 bridgehead atoms. The van der Waals surface area contributed by atoms with Crippen LogP contribution in [-0.4, -0.2) is 30.4 Å². The summed E-state index contributed by atoms with van der Waals surface area (Å²) in [5.74, 6) is -1.49. The standard InChI is InChI=1S/C19H18FN3O4/c1-2-27-15-8-4-7-14(10-15)23-17(24)11-16(19(23)26)21-22-18(25)12-5-3-6-13(20)9-12/h3-10,16,21H,2,11H2,1H3,(H,22,25)/t16-/m1/s1. The van der Waals surface area contributed by atoms with E-state index in [1.54, 1.807) is 24.3 Å². The lowest BCUT2D eigenvalue weighted by molar-refractivity contribution is -0.121. The highest BCUT2D eigenvalue weighted by atomic mass is 19.1. The highest BCUT2D eigenvalue weighted by Crippen LogP contribution is 2.26. The molecule has 2 N–H and O–H groups in total. The Kier molecular flexibility index (Phi) is 5.46. The van der Waals surface area contributed by atoms with E-state index in [9.17, 15) is 18.8 Å². The average Bonchev–Trinajstić information content (AvgIpc) is 2.93. The van der Waals surface area contributed by atoms with Gasteiger partial charge in [-0.3, -0.25) is 19.8 Å². The molecule has 8 heteroatoms. The number of hydrogen-bond donors (Lipinski definition) is 2. The van der Waals surface area contributed by atoms with E-state index >= 15 is 0 Å². The molecule has 1 saturated heterocycles. The molecule has 1 atom stereocenters. The molecule has 27 heavy (non-hydrogen) atoms. The van der Waals surface area contributed by atoms with Crippen molar-refractivity contribution in [3.8, 4) is 5.75 Å². The van der Waals surface area contributed by atoms with Crippen LogP contribution in [0.2, 0.25) is 0 Å². The Balaban J connectivity index is 1.67. The molecule has 140 valence electrons. The Morgan fingerprint density at radius 1 is 1.22 bits per heavy atom. The van der Waals surface area contributed by atoms with Gasteiger partial charge in [0.1, 0.15) is 17.6 Å². The zero-order chi connectivity index (χ0) is 19.4. The fraction of sp³-hybridized carbons (Fsp3) is 0.211. The van der Waals surface area contributed by atoms with Crippen LogP contribution in [0.5, 0.6) is 5.75 Å². The van der Waals surface area contributed by atoms with E-state index in [-0.39, 0.29) is 12.0 Å². The lowest BCUT2D eigenvalue weighted by Gasteiger charge is -2.17. The first-order valence-corrected chi connectivity index (χ1v) is 8.40. The van der Waals surface area contributed by atoms with E-state index in [1.807, 2.05) is 6.92 Å². The van der Waals surface area contributed by atoms with Crippen molar-refractivity contribution >= 4 is 23.4 Å². The third kappa shape index (κ3) is 4.12. The molecular weight excluding hydrogens is 353 g/mol. The number of ether oxygens (including phenoxy) is 1. The molecule has 0 radical (unpaired) electrons. The van der Waals surface area contributed by atoms with Crippen LogP contribution in [0.3, 0.4) is 0 Å². The van der Waals surface area contributed by atoms with Gasteiger partial charge in [0.15, 0.2) is 0 Å². The molecule has 1 heterocycles. The van der Waals surface area contributed by atoms with Crippen molar-refractivity contribution in [3.63, 3.8) is 0 Å². The Hall–Kier alpha value is -3.26. The van der Waals surface area contributed by atoms with Gasteiger partial charge in [0, 0.05) is 11.6 Å². The minimum atomic E-state index is -0.911. The van der Waals surface area contributed by atoms with E-state index in [0.717, 1.165) is 11.0 Å². The number of imide groups is 1. The van der Waals surface area contributed by atoms with Crippen molar-refractivity contribution in [2.24, 2.45) is 0 Å². The van der Waals surface area contributed by atoms with Crippen molar-refractivity contribution in [2.75, 3.05) is 11.5 Å². The van der Waals surface area contributed by atoms with Gasteiger partial charge < -0.3 is 4.74 Å². The van der Waals surface area contributed by atoms with Crippen LogP contribution >= 0.6 is 0 Å². The molecular formula is C19H18FN3O4. The third-order valence-electron chi connectivity index (χ3n) is 3.98. The summed E-state index contributed by atoms with van der Waals surface area (Å²) >= 11 is 0. The lowest BCUT2D eigenvalue weighted by atomic mass is 10.2. The molecule has 3 amide bonds. The summed E-state index contributed by atoms with van der Waals surface area (Å²) in [6.45, 7) is 2.29. The normalized spacial score (nSPS) is 16.5. The smallest absolute Gasteiger partial charge is 0.265 e. The fourth-order valence-electron chi connectivity index (χ4n) is 2.75. The number of benzene rings is 2. The summed E-state index contributed by atoms with van der Waals surface area (Å²) < 4.78 is 18.6. The molecule has 0 unspecified atom stereocenters. The second kappa shape index (κ2) is 7.96. The number of rotatable bonds is 6. The summed E-state index contributed by atoms with van der Waals surface area (Å²) in [5, 5.41) is 0. The van der Waals surface area contributed by atoms with Gasteiger partial charge in [-0.1, -0.05) is 12.1 Å². The van der Waals surface area contributed by atoms with Crippen LogP contribution in [0.1, 0.15) is 23.7 Å². The molecule has 1 aliphatic heterocycles. The summed E-state index contributed by atoms with van der Waals surface area (Å²) in [6.07, 6.45) is -0.110. The Morgan fingerprint density at radius 3 is 2.74 bits per heavy atom. The van der Waals surface area contributed by atoms with Crippen LogP contribution < -0.4 is 20.5 Å². The summed E-state index contributed by atoms with van der Waals surface area (Å²) in [5.41, 5.74) is 5.39. The number of hydrazine groups is 1. The number of amides is 3. The van der Waals surface area contributed by atoms with Crippen LogP contribution in [0, 0.1) is 5.82 Å². The summed E-state index contributed by atoms with van der Waals surface area (Å²) in [7, 11) is 0. The second-order valence-electron chi connectivity index (χ2n) is 5.86. The molecule has 0 spiro atoms. The van der Waals surface area contributed by atoms with Crippen LogP contribution in [0.25, 0.3) is 0 Å². The first-order valence-electron chi connectivity index (χ1n) is 8.40. The summed E-state index contributed by atoms with van der Waals surface area (Å²) in [6, 6.07) is 10.9. The third-order valence-corrected chi connectivity index (χ3v) is 3.98. The number of hydrogen-bond acceptors (Lipinski definition) is 5. The van der Waals surface area contributed by atoms with E-state index in [0.29, 0.717) is 18.0 Å². The number of nitrogens with zero attached hydrogens (tertiary/aromatic N) is 1. The Bertz CT molecular complexity index is 887. The quantitative estimate of drug-likeness (QED) is 0.597. The largest absolute Gasteiger partial charge is 0.494 e. The highest BCUT2D eigenvalue weighted by molar-refractivity contribution is 6.22. The number of nitrogens with one attached hydrogen (secondary N) is 2. The number of anilines is 1. The van der Waals surface area contributed by atoms with Crippen molar-refractivity contribution < 1.29 is 23.5 Å². The molecule has 0 saturated carbocycles. The van der Waals surface area contributed by atoms with E-state index in [1.165, 1.54) is 18.2 Å². The maximum Gasteiger partial charge on any atom is 0.265 e. The van der Waals surface area contributed by atoms with Crippen LogP contribution in [0.4, 0.5) is 10.1 Å². The zero-order valence-corrected chi connectivity index (χ0v) is 14.6. The van der Waals surface area contributed by atoms with Crippen LogP contribution in [0.15, 0.2) is 48.5 Å². The van der Waals surface area contributed by atoms with Crippen molar-refractivity contribution in [1.29, 1.82) is 0 Å². The second-order valence-corrected chi connectivity index (χ2v) is 5.86. The van der Waals surface area contributed by atoms with E-state index < -0.39 is 29.6 Å². The average molecular weight is 371 g/mol. The van der Waals surface area contributed by atoms with Crippen LogP contribution in [-0.2, 0) is 9.59 Å². The van der Waals surface area contributed by atoms with Crippen molar-refractivity contribution in [3.05, 3.63) is 59.9 Å². The topological polar surface area (TPSA) is 87.7 Å². The molecule has 3 rings (SSSR count). The predicted octanol–water partition coefficient (Wildman–Crippen LogP) is 1.79. The maximum absolute atomic E-state index is 13.2. The molecule has 7 nitrogen and oxygen atoms in total. The molecule has 0 aromatic heterocycles. The van der Waals surface area contributed by atoms with Gasteiger partial charge in [0.05, 0.1) is 18.7 Å². The summed E-state index contributed by atoms with van der Waals surface area (Å²) in [4.78, 5) is 38.0. The van der Waals surface area contributed by atoms with Gasteiger partial charge in [0.2, 0.25) is 5.91 Å². The molecule has 1 fully saturated rings. The maximum atomic E-state index is 13.2. The van der Waals surface area contributed by atoms with E-state index in [4.69, 9.17) is 4.74 Å². The SMILES string of the molecule is CCOc1cccc(N2C(=O)C[C@@H](NNC(=O)c3cccc(F)c3)C2=O)c1. The van der Waals surface area contributed by atoms with Gasteiger partial charge >= 0.3 is 0 Å². The first kappa shape index (κ1) is 18.5. The minimum absolute atomic E-state index is 0.0977. The predicted molar refractivity (Wildman–Crippen MR) is 95.5 cm³/mol. The molecule has 1 aliphatic rings. The van der Waals surface area contributed by atoms with Crippen molar-refractivity contribution in [2.45, 2.75) is 19.4 Å². The lowest BCUT2D eigenvalue weighted by Crippen LogP contribution is -2.48. The van der Waals surface area contributed by atoms with E-state index in [2.05, 4.69) is 10.9 Å². The first-order chi connectivity index (χ1) is 13.0. The minimum Gasteiger partial charge on any atom is -0.494 e. The van der Waals surface area contributed by atoms with Crippen molar-refractivity contribution in [1.82, 2.24) is 10.9 Å². The molecule has 2 aromatic rings. The molecule has 2 aromatic carbocycles. The number of halogens is 1. The van der Waals surface area contributed by atoms with Gasteiger partial charge in [0.25, 0.3) is 11.8 Å².